The molecule has 4 nitrogen and oxygen atoms in total. The summed E-state index contributed by atoms with van der Waals surface area (Å²) in [4.78, 5) is 18.2. The molecule has 0 saturated heterocycles. The zero-order valence-electron chi connectivity index (χ0n) is 16.5. The number of carbonyl (C=O) groups is 1. The Morgan fingerprint density at radius 3 is 2.82 bits per heavy atom. The van der Waals surface area contributed by atoms with Crippen LogP contribution in [0.15, 0.2) is 18.3 Å². The van der Waals surface area contributed by atoms with Gasteiger partial charge in [-0.15, -0.1) is 11.3 Å². The van der Waals surface area contributed by atoms with Gasteiger partial charge in [-0.05, 0) is 48.8 Å². The summed E-state index contributed by atoms with van der Waals surface area (Å²) in [6.45, 7) is 6.21. The first-order chi connectivity index (χ1) is 13.4. The number of amides is 1. The van der Waals surface area contributed by atoms with Gasteiger partial charge in [0.25, 0.3) is 0 Å². The molecule has 0 saturated carbocycles. The molecule has 3 rings (SSSR count). The maximum Gasteiger partial charge on any atom is 0.243 e. The molecule has 0 aliphatic heterocycles. The van der Waals surface area contributed by atoms with Crippen molar-refractivity contribution in [3.8, 4) is 0 Å². The van der Waals surface area contributed by atoms with Gasteiger partial charge in [0.1, 0.15) is 11.6 Å². The smallest absolute Gasteiger partial charge is 0.243 e. The molecular formula is C21H27F2N3OS. The van der Waals surface area contributed by atoms with Gasteiger partial charge in [0.05, 0.1) is 6.04 Å². The Labute approximate surface area is 168 Å². The standard InChI is InChI=1S/C21H27F2N3OS/c1-4-5-18(20(27)26-21-24-11-19(28-21)12(2)3)25-15-7-6-13-8-14(22)9-17(23)16(13)10-15/h8-9,11-12,15,18,25H,4-7,10H2,1-3H3,(H,24,26,27)/t15?,18-/m0/s1. The lowest BCUT2D eigenvalue weighted by Gasteiger charge is -2.29. The van der Waals surface area contributed by atoms with Crippen molar-refractivity contribution >= 4 is 22.4 Å². The van der Waals surface area contributed by atoms with E-state index in [0.717, 1.165) is 29.3 Å². The minimum absolute atomic E-state index is 0.0164. The highest BCUT2D eigenvalue weighted by Gasteiger charge is 2.27. The number of benzene rings is 1. The third kappa shape index (κ3) is 4.94. The Bertz CT molecular complexity index is 837. The first kappa shape index (κ1) is 20.9. The molecule has 1 unspecified atom stereocenters. The van der Waals surface area contributed by atoms with E-state index in [0.29, 0.717) is 35.9 Å². The number of anilines is 1. The molecule has 2 atom stereocenters. The number of fused-ring (bicyclic) bond motifs is 1. The highest BCUT2D eigenvalue weighted by Crippen LogP contribution is 2.27. The van der Waals surface area contributed by atoms with Gasteiger partial charge in [0.15, 0.2) is 5.13 Å². The molecule has 28 heavy (non-hydrogen) atoms. The number of thiazole rings is 1. The number of nitrogens with zero attached hydrogens (tertiary/aromatic N) is 1. The van der Waals surface area contributed by atoms with Crippen LogP contribution in [0.2, 0.25) is 0 Å². The number of carbonyl (C=O) groups excluding carboxylic acids is 1. The highest BCUT2D eigenvalue weighted by molar-refractivity contribution is 7.15. The van der Waals surface area contributed by atoms with E-state index < -0.39 is 11.6 Å². The topological polar surface area (TPSA) is 54.0 Å². The fraction of sp³-hybridized carbons (Fsp3) is 0.524. The molecule has 0 fully saturated rings. The van der Waals surface area contributed by atoms with Crippen molar-refractivity contribution in [1.82, 2.24) is 10.3 Å². The van der Waals surface area contributed by atoms with Gasteiger partial charge < -0.3 is 10.6 Å². The SMILES string of the molecule is CCC[C@H](NC1CCc2cc(F)cc(F)c2C1)C(=O)Nc1ncc(C(C)C)s1. The van der Waals surface area contributed by atoms with E-state index in [1.54, 1.807) is 6.20 Å². The molecule has 7 heteroatoms. The van der Waals surface area contributed by atoms with Crippen LogP contribution in [-0.4, -0.2) is 23.0 Å². The number of rotatable bonds is 7. The lowest BCUT2D eigenvalue weighted by molar-refractivity contribution is -0.118. The summed E-state index contributed by atoms with van der Waals surface area (Å²) in [6, 6.07) is 1.97. The largest absolute Gasteiger partial charge is 0.303 e. The fourth-order valence-electron chi connectivity index (χ4n) is 3.60. The maximum atomic E-state index is 14.2. The van der Waals surface area contributed by atoms with E-state index in [1.165, 1.54) is 17.4 Å². The Kier molecular flexibility index (Phi) is 6.78. The summed E-state index contributed by atoms with van der Waals surface area (Å²) >= 11 is 1.49. The average molecular weight is 408 g/mol. The van der Waals surface area contributed by atoms with E-state index >= 15 is 0 Å². The van der Waals surface area contributed by atoms with E-state index in [4.69, 9.17) is 0 Å². The van der Waals surface area contributed by atoms with Crippen LogP contribution >= 0.6 is 11.3 Å². The number of aromatic nitrogens is 1. The number of aryl methyl sites for hydroxylation is 1. The normalized spacial score (nSPS) is 17.4. The third-order valence-electron chi connectivity index (χ3n) is 5.12. The zero-order valence-corrected chi connectivity index (χ0v) is 17.3. The van der Waals surface area contributed by atoms with Crippen molar-refractivity contribution in [1.29, 1.82) is 0 Å². The van der Waals surface area contributed by atoms with E-state index in [9.17, 15) is 13.6 Å². The molecule has 0 radical (unpaired) electrons. The van der Waals surface area contributed by atoms with Crippen molar-refractivity contribution in [2.24, 2.45) is 0 Å². The summed E-state index contributed by atoms with van der Waals surface area (Å²) in [7, 11) is 0. The van der Waals surface area contributed by atoms with Crippen LogP contribution in [0.1, 0.15) is 62.0 Å². The van der Waals surface area contributed by atoms with Crippen molar-refractivity contribution in [3.63, 3.8) is 0 Å². The van der Waals surface area contributed by atoms with Crippen LogP contribution in [0.25, 0.3) is 0 Å². The number of nitrogens with one attached hydrogen (secondary N) is 2. The van der Waals surface area contributed by atoms with Crippen LogP contribution in [-0.2, 0) is 17.6 Å². The van der Waals surface area contributed by atoms with Crippen LogP contribution in [0.4, 0.5) is 13.9 Å². The summed E-state index contributed by atoms with van der Waals surface area (Å²) < 4.78 is 27.6. The van der Waals surface area contributed by atoms with Gasteiger partial charge in [0, 0.05) is 23.2 Å². The molecule has 1 aliphatic rings. The second-order valence-corrected chi connectivity index (χ2v) is 8.75. The van der Waals surface area contributed by atoms with Gasteiger partial charge in [-0.3, -0.25) is 4.79 Å². The molecule has 1 aliphatic carbocycles. The quantitative estimate of drug-likeness (QED) is 0.693. The number of halogens is 2. The van der Waals surface area contributed by atoms with Crippen molar-refractivity contribution < 1.29 is 13.6 Å². The van der Waals surface area contributed by atoms with Gasteiger partial charge in [-0.2, -0.15) is 0 Å². The minimum Gasteiger partial charge on any atom is -0.303 e. The van der Waals surface area contributed by atoms with Gasteiger partial charge in [-0.25, -0.2) is 13.8 Å². The van der Waals surface area contributed by atoms with Crippen LogP contribution in [0.3, 0.4) is 0 Å². The molecule has 2 aromatic rings. The Balaban J connectivity index is 1.66. The predicted octanol–water partition coefficient (Wildman–Crippen LogP) is 4.80. The first-order valence-corrected chi connectivity index (χ1v) is 10.7. The summed E-state index contributed by atoms with van der Waals surface area (Å²) in [5.74, 6) is -0.774. The molecule has 1 heterocycles. The van der Waals surface area contributed by atoms with E-state index in [-0.39, 0.29) is 18.0 Å². The minimum atomic E-state index is -0.532. The summed E-state index contributed by atoms with van der Waals surface area (Å²) in [6.07, 6.45) is 5.15. The molecule has 1 aromatic heterocycles. The van der Waals surface area contributed by atoms with Crippen LogP contribution < -0.4 is 10.6 Å². The monoisotopic (exact) mass is 407 g/mol. The molecular weight excluding hydrogens is 380 g/mol. The molecule has 1 aromatic carbocycles. The second kappa shape index (κ2) is 9.09. The van der Waals surface area contributed by atoms with Crippen LogP contribution in [0, 0.1) is 11.6 Å². The van der Waals surface area contributed by atoms with Crippen molar-refractivity contribution in [2.75, 3.05) is 5.32 Å². The number of hydrogen-bond acceptors (Lipinski definition) is 4. The molecule has 1 amide bonds. The predicted molar refractivity (Wildman–Crippen MR) is 109 cm³/mol. The zero-order chi connectivity index (χ0) is 20.3. The molecule has 2 N–H and O–H groups in total. The average Bonchev–Trinajstić information content (AvgIpc) is 3.10. The maximum absolute atomic E-state index is 14.2. The van der Waals surface area contributed by atoms with Gasteiger partial charge in [-0.1, -0.05) is 27.2 Å². The Morgan fingerprint density at radius 1 is 1.36 bits per heavy atom. The Hall–Kier alpha value is -1.86. The third-order valence-corrected chi connectivity index (χ3v) is 6.33. The highest BCUT2D eigenvalue weighted by atomic mass is 32.1. The van der Waals surface area contributed by atoms with Crippen molar-refractivity contribution in [3.05, 3.63) is 46.0 Å². The second-order valence-electron chi connectivity index (χ2n) is 7.68. The van der Waals surface area contributed by atoms with Gasteiger partial charge >= 0.3 is 0 Å². The van der Waals surface area contributed by atoms with E-state index in [2.05, 4.69) is 29.5 Å². The number of hydrogen-bond donors (Lipinski definition) is 2. The van der Waals surface area contributed by atoms with E-state index in [1.807, 2.05) is 6.92 Å². The lowest BCUT2D eigenvalue weighted by atomic mass is 9.87. The first-order valence-electron chi connectivity index (χ1n) is 9.86. The molecule has 0 bridgehead atoms. The lowest BCUT2D eigenvalue weighted by Crippen LogP contribution is -2.47. The summed E-state index contributed by atoms with van der Waals surface area (Å²) in [5, 5.41) is 6.91. The van der Waals surface area contributed by atoms with Crippen LogP contribution in [0.5, 0.6) is 0 Å². The summed E-state index contributed by atoms with van der Waals surface area (Å²) in [5.41, 5.74) is 1.29. The fourth-order valence-corrected chi connectivity index (χ4v) is 4.42. The van der Waals surface area contributed by atoms with Gasteiger partial charge in [0.2, 0.25) is 5.91 Å². The molecule has 152 valence electrons. The van der Waals surface area contributed by atoms with Crippen molar-refractivity contribution in [2.45, 2.75) is 70.9 Å². The Morgan fingerprint density at radius 2 is 2.14 bits per heavy atom. The molecule has 0 spiro atoms.